The number of hydrazone groups is 1. The zero-order valence-electron chi connectivity index (χ0n) is 13.9. The number of nitrogens with zero attached hydrogens (tertiary/aromatic N) is 2. The molecule has 1 aliphatic rings. The SMILES string of the molecule is O=C(N/N=C/c1cccc(Cl)c1Cl)C1CC(=O)N(Cc2ccccc2)C1. The Labute approximate surface area is 161 Å². The monoisotopic (exact) mass is 389 g/mol. The van der Waals surface area contributed by atoms with Crippen LogP contribution in [0.2, 0.25) is 10.0 Å². The van der Waals surface area contributed by atoms with E-state index in [1.165, 1.54) is 6.21 Å². The molecule has 1 saturated heterocycles. The summed E-state index contributed by atoms with van der Waals surface area (Å²) in [6.07, 6.45) is 1.62. The van der Waals surface area contributed by atoms with E-state index in [-0.39, 0.29) is 18.2 Å². The van der Waals surface area contributed by atoms with E-state index >= 15 is 0 Å². The molecule has 2 aromatic carbocycles. The fraction of sp³-hybridized carbons (Fsp3) is 0.211. The Morgan fingerprint density at radius 2 is 1.96 bits per heavy atom. The molecule has 1 heterocycles. The maximum atomic E-state index is 12.3. The number of benzene rings is 2. The molecule has 1 unspecified atom stereocenters. The van der Waals surface area contributed by atoms with Crippen LogP contribution in [0.4, 0.5) is 0 Å². The molecule has 1 atom stereocenters. The van der Waals surface area contributed by atoms with Crippen LogP contribution in [0, 0.1) is 5.92 Å². The first-order valence-electron chi connectivity index (χ1n) is 8.13. The Bertz CT molecular complexity index is 840. The predicted octanol–water partition coefficient (Wildman–Crippen LogP) is 3.49. The number of halogens is 2. The van der Waals surface area contributed by atoms with Crippen molar-refractivity contribution in [3.05, 3.63) is 69.7 Å². The minimum absolute atomic E-state index is 0.0316. The van der Waals surface area contributed by atoms with Crippen LogP contribution < -0.4 is 5.43 Å². The van der Waals surface area contributed by atoms with Gasteiger partial charge in [0.15, 0.2) is 0 Å². The number of likely N-dealkylation sites (tertiary alicyclic amines) is 1. The molecule has 5 nitrogen and oxygen atoms in total. The summed E-state index contributed by atoms with van der Waals surface area (Å²) < 4.78 is 0. The molecule has 1 N–H and O–H groups in total. The van der Waals surface area contributed by atoms with Crippen LogP contribution in [0.5, 0.6) is 0 Å². The highest BCUT2D eigenvalue weighted by Gasteiger charge is 2.34. The van der Waals surface area contributed by atoms with Gasteiger partial charge in [0.25, 0.3) is 0 Å². The summed E-state index contributed by atoms with van der Waals surface area (Å²) in [4.78, 5) is 26.1. The standard InChI is InChI=1S/C19H17Cl2N3O2/c20-16-8-4-7-14(18(16)21)10-22-23-19(26)15-9-17(25)24(12-15)11-13-5-2-1-3-6-13/h1-8,10,15H,9,11-12H2,(H,23,26)/b22-10+. The fourth-order valence-electron chi connectivity index (χ4n) is 2.78. The molecule has 134 valence electrons. The van der Waals surface area contributed by atoms with Gasteiger partial charge in [-0.2, -0.15) is 5.10 Å². The van der Waals surface area contributed by atoms with Gasteiger partial charge in [0.2, 0.25) is 11.8 Å². The van der Waals surface area contributed by atoms with Crippen LogP contribution in [-0.2, 0) is 16.1 Å². The summed E-state index contributed by atoms with van der Waals surface area (Å²) in [5.41, 5.74) is 4.12. The lowest BCUT2D eigenvalue weighted by Crippen LogP contribution is -2.30. The van der Waals surface area contributed by atoms with Crippen molar-refractivity contribution in [3.8, 4) is 0 Å². The van der Waals surface area contributed by atoms with Crippen molar-refractivity contribution in [2.75, 3.05) is 6.54 Å². The quantitative estimate of drug-likeness (QED) is 0.628. The molecule has 7 heteroatoms. The Morgan fingerprint density at radius 1 is 1.19 bits per heavy atom. The Kier molecular flexibility index (Phi) is 5.91. The highest BCUT2D eigenvalue weighted by Crippen LogP contribution is 2.24. The molecule has 0 aliphatic carbocycles. The third-order valence-electron chi connectivity index (χ3n) is 4.16. The van der Waals surface area contributed by atoms with E-state index in [1.54, 1.807) is 23.1 Å². The third kappa shape index (κ3) is 4.42. The van der Waals surface area contributed by atoms with Crippen LogP contribution in [-0.4, -0.2) is 29.5 Å². The van der Waals surface area contributed by atoms with Crippen molar-refractivity contribution >= 4 is 41.2 Å². The van der Waals surface area contributed by atoms with Gasteiger partial charge < -0.3 is 4.90 Å². The molecule has 0 saturated carbocycles. The summed E-state index contributed by atoms with van der Waals surface area (Å²) in [6, 6.07) is 14.9. The minimum atomic E-state index is -0.418. The van der Waals surface area contributed by atoms with Crippen molar-refractivity contribution in [3.63, 3.8) is 0 Å². The maximum Gasteiger partial charge on any atom is 0.245 e. The van der Waals surface area contributed by atoms with Gasteiger partial charge in [-0.3, -0.25) is 9.59 Å². The van der Waals surface area contributed by atoms with Gasteiger partial charge in [-0.1, -0.05) is 65.7 Å². The number of amides is 2. The molecule has 26 heavy (non-hydrogen) atoms. The molecule has 0 aromatic heterocycles. The van der Waals surface area contributed by atoms with Gasteiger partial charge in [-0.25, -0.2) is 5.43 Å². The lowest BCUT2D eigenvalue weighted by molar-refractivity contribution is -0.129. The van der Waals surface area contributed by atoms with Crippen LogP contribution in [0.3, 0.4) is 0 Å². The summed E-state index contributed by atoms with van der Waals surface area (Å²) in [5, 5.41) is 4.71. The Hall–Kier alpha value is -2.37. The van der Waals surface area contributed by atoms with E-state index in [0.717, 1.165) is 5.56 Å². The maximum absolute atomic E-state index is 12.3. The van der Waals surface area contributed by atoms with Gasteiger partial charge in [-0.05, 0) is 11.6 Å². The van der Waals surface area contributed by atoms with Crippen molar-refractivity contribution in [1.82, 2.24) is 10.3 Å². The normalized spacial score (nSPS) is 17.1. The molecule has 0 spiro atoms. The average molecular weight is 390 g/mol. The molecular weight excluding hydrogens is 373 g/mol. The zero-order chi connectivity index (χ0) is 18.5. The van der Waals surface area contributed by atoms with Crippen LogP contribution >= 0.6 is 23.2 Å². The molecule has 3 rings (SSSR count). The second-order valence-electron chi connectivity index (χ2n) is 6.04. The summed E-state index contributed by atoms with van der Waals surface area (Å²) in [6.45, 7) is 0.887. The second-order valence-corrected chi connectivity index (χ2v) is 6.82. The van der Waals surface area contributed by atoms with E-state index in [4.69, 9.17) is 23.2 Å². The van der Waals surface area contributed by atoms with Crippen LogP contribution in [0.25, 0.3) is 0 Å². The average Bonchev–Trinajstić information content (AvgIpc) is 3.00. The number of hydrogen-bond donors (Lipinski definition) is 1. The summed E-state index contributed by atoms with van der Waals surface area (Å²) in [7, 11) is 0. The van der Waals surface area contributed by atoms with E-state index in [2.05, 4.69) is 10.5 Å². The van der Waals surface area contributed by atoms with E-state index in [9.17, 15) is 9.59 Å². The van der Waals surface area contributed by atoms with Crippen molar-refractivity contribution in [2.45, 2.75) is 13.0 Å². The Balaban J connectivity index is 1.56. The molecule has 2 amide bonds. The molecule has 2 aromatic rings. The first-order valence-corrected chi connectivity index (χ1v) is 8.89. The first-order chi connectivity index (χ1) is 12.5. The fourth-order valence-corrected chi connectivity index (χ4v) is 3.14. The van der Waals surface area contributed by atoms with Crippen molar-refractivity contribution in [1.29, 1.82) is 0 Å². The van der Waals surface area contributed by atoms with Gasteiger partial charge in [-0.15, -0.1) is 0 Å². The number of nitrogens with one attached hydrogen (secondary N) is 1. The second kappa shape index (κ2) is 8.34. The van der Waals surface area contributed by atoms with Crippen LogP contribution in [0.15, 0.2) is 53.6 Å². The zero-order valence-corrected chi connectivity index (χ0v) is 15.4. The number of carbonyl (C=O) groups is 2. The molecule has 1 fully saturated rings. The molecule has 0 bridgehead atoms. The number of rotatable bonds is 5. The van der Waals surface area contributed by atoms with Gasteiger partial charge >= 0.3 is 0 Å². The largest absolute Gasteiger partial charge is 0.338 e. The Morgan fingerprint density at radius 3 is 2.73 bits per heavy atom. The smallest absolute Gasteiger partial charge is 0.245 e. The highest BCUT2D eigenvalue weighted by molar-refractivity contribution is 6.43. The third-order valence-corrected chi connectivity index (χ3v) is 4.99. The topological polar surface area (TPSA) is 61.8 Å². The van der Waals surface area contributed by atoms with Crippen LogP contribution in [0.1, 0.15) is 17.5 Å². The number of hydrogen-bond acceptors (Lipinski definition) is 3. The van der Waals surface area contributed by atoms with Crippen molar-refractivity contribution < 1.29 is 9.59 Å². The van der Waals surface area contributed by atoms with E-state index in [1.807, 2.05) is 30.3 Å². The predicted molar refractivity (Wildman–Crippen MR) is 102 cm³/mol. The molecular formula is C19H17Cl2N3O2. The minimum Gasteiger partial charge on any atom is -0.338 e. The van der Waals surface area contributed by atoms with Gasteiger partial charge in [0.1, 0.15) is 0 Å². The summed E-state index contributed by atoms with van der Waals surface area (Å²) >= 11 is 12.0. The molecule has 1 aliphatic heterocycles. The van der Waals surface area contributed by atoms with E-state index in [0.29, 0.717) is 28.7 Å². The first kappa shape index (κ1) is 18.4. The molecule has 0 radical (unpaired) electrons. The lowest BCUT2D eigenvalue weighted by atomic mass is 10.1. The number of carbonyl (C=O) groups excluding carboxylic acids is 2. The highest BCUT2D eigenvalue weighted by atomic mass is 35.5. The lowest BCUT2D eigenvalue weighted by Gasteiger charge is -2.16. The summed E-state index contributed by atoms with van der Waals surface area (Å²) in [5.74, 6) is -0.739. The van der Waals surface area contributed by atoms with Gasteiger partial charge in [0, 0.05) is 25.1 Å². The van der Waals surface area contributed by atoms with Gasteiger partial charge in [0.05, 0.1) is 22.2 Å². The van der Waals surface area contributed by atoms with E-state index < -0.39 is 5.92 Å². The van der Waals surface area contributed by atoms with Crippen molar-refractivity contribution in [2.24, 2.45) is 11.0 Å².